The van der Waals surface area contributed by atoms with Gasteiger partial charge in [-0.25, -0.2) is 4.39 Å². The van der Waals surface area contributed by atoms with Crippen LogP contribution in [-0.4, -0.2) is 74.0 Å². The van der Waals surface area contributed by atoms with Crippen molar-refractivity contribution in [2.24, 2.45) is 0 Å². The van der Waals surface area contributed by atoms with Crippen molar-refractivity contribution in [2.75, 3.05) is 51.2 Å². The minimum absolute atomic E-state index is 0.00917. The van der Waals surface area contributed by atoms with E-state index in [-0.39, 0.29) is 30.7 Å². The molecule has 1 aliphatic heterocycles. The average molecular weight is 348 g/mol. The van der Waals surface area contributed by atoms with Crippen molar-refractivity contribution in [3.63, 3.8) is 0 Å². The van der Waals surface area contributed by atoms with E-state index in [0.29, 0.717) is 37.9 Å². The molecule has 2 fully saturated rings. The summed E-state index contributed by atoms with van der Waals surface area (Å²) < 4.78 is 13.9. The van der Waals surface area contributed by atoms with Gasteiger partial charge in [0.2, 0.25) is 11.8 Å². The van der Waals surface area contributed by atoms with Gasteiger partial charge >= 0.3 is 0 Å². The molecule has 0 bridgehead atoms. The lowest BCUT2D eigenvalue weighted by Gasteiger charge is -2.36. The minimum Gasteiger partial charge on any atom is -0.366 e. The van der Waals surface area contributed by atoms with Crippen molar-refractivity contribution in [1.82, 2.24) is 15.1 Å². The van der Waals surface area contributed by atoms with Crippen LogP contribution in [-0.2, 0) is 9.59 Å². The molecule has 2 aliphatic rings. The molecule has 1 aliphatic carbocycles. The SMILES string of the molecule is CN(CC(=O)NC1CC1)CC(=O)N1CCN(c2ccccc2F)CC1. The molecule has 1 saturated carbocycles. The highest BCUT2D eigenvalue weighted by Crippen LogP contribution is 2.20. The highest BCUT2D eigenvalue weighted by Gasteiger charge is 2.25. The number of hydrogen-bond acceptors (Lipinski definition) is 4. The second-order valence-electron chi connectivity index (χ2n) is 6.83. The van der Waals surface area contributed by atoms with E-state index in [1.165, 1.54) is 6.07 Å². The van der Waals surface area contributed by atoms with E-state index in [2.05, 4.69) is 5.32 Å². The number of likely N-dealkylation sites (N-methyl/N-ethyl adjacent to an activating group) is 1. The summed E-state index contributed by atoms with van der Waals surface area (Å²) in [6, 6.07) is 7.04. The standard InChI is InChI=1S/C18H25FN4O2/c1-21(12-17(24)20-14-6-7-14)13-18(25)23-10-8-22(9-11-23)16-5-3-2-4-15(16)19/h2-5,14H,6-13H2,1H3,(H,20,24). The van der Waals surface area contributed by atoms with E-state index in [9.17, 15) is 14.0 Å². The topological polar surface area (TPSA) is 55.9 Å². The molecule has 0 atom stereocenters. The molecule has 136 valence electrons. The Labute approximate surface area is 147 Å². The second-order valence-corrected chi connectivity index (χ2v) is 6.83. The van der Waals surface area contributed by atoms with Gasteiger partial charge in [-0.3, -0.25) is 14.5 Å². The van der Waals surface area contributed by atoms with Crippen molar-refractivity contribution >= 4 is 17.5 Å². The van der Waals surface area contributed by atoms with Crippen LogP contribution in [0.25, 0.3) is 0 Å². The van der Waals surface area contributed by atoms with Crippen molar-refractivity contribution in [3.05, 3.63) is 30.1 Å². The van der Waals surface area contributed by atoms with Crippen LogP contribution >= 0.6 is 0 Å². The first-order valence-corrected chi connectivity index (χ1v) is 8.78. The number of para-hydroxylation sites is 1. The van der Waals surface area contributed by atoms with E-state index in [1.54, 1.807) is 29.0 Å². The van der Waals surface area contributed by atoms with Gasteiger partial charge in [0.15, 0.2) is 0 Å². The summed E-state index contributed by atoms with van der Waals surface area (Å²) in [5.41, 5.74) is 0.587. The molecular formula is C18H25FN4O2. The molecule has 1 aromatic carbocycles. The van der Waals surface area contributed by atoms with E-state index in [0.717, 1.165) is 12.8 Å². The number of piperazine rings is 1. The van der Waals surface area contributed by atoms with Gasteiger partial charge in [0.1, 0.15) is 5.82 Å². The number of hydrogen-bond donors (Lipinski definition) is 1. The number of nitrogens with zero attached hydrogens (tertiary/aromatic N) is 3. The van der Waals surface area contributed by atoms with Crippen LogP contribution in [0.3, 0.4) is 0 Å². The van der Waals surface area contributed by atoms with E-state index in [1.807, 2.05) is 11.0 Å². The predicted molar refractivity (Wildman–Crippen MR) is 93.9 cm³/mol. The zero-order chi connectivity index (χ0) is 17.8. The van der Waals surface area contributed by atoms with Gasteiger partial charge in [0.05, 0.1) is 18.8 Å². The number of anilines is 1. The van der Waals surface area contributed by atoms with Crippen molar-refractivity contribution < 1.29 is 14.0 Å². The average Bonchev–Trinajstić information content (AvgIpc) is 3.39. The Morgan fingerprint density at radius 3 is 2.48 bits per heavy atom. The fraction of sp³-hybridized carbons (Fsp3) is 0.556. The zero-order valence-corrected chi connectivity index (χ0v) is 14.6. The highest BCUT2D eigenvalue weighted by atomic mass is 19.1. The summed E-state index contributed by atoms with van der Waals surface area (Å²) in [4.78, 5) is 29.7. The molecule has 1 saturated heterocycles. The van der Waals surface area contributed by atoms with Crippen LogP contribution in [0.2, 0.25) is 0 Å². The van der Waals surface area contributed by atoms with Crippen LogP contribution in [0.1, 0.15) is 12.8 Å². The molecule has 1 aromatic rings. The van der Waals surface area contributed by atoms with E-state index < -0.39 is 0 Å². The van der Waals surface area contributed by atoms with Crippen LogP contribution < -0.4 is 10.2 Å². The normalized spacial score (nSPS) is 17.7. The summed E-state index contributed by atoms with van der Waals surface area (Å²) in [5.74, 6) is -0.249. The van der Waals surface area contributed by atoms with Crippen LogP contribution in [0, 0.1) is 5.82 Å². The fourth-order valence-corrected chi connectivity index (χ4v) is 3.04. The first-order chi connectivity index (χ1) is 12.0. The Morgan fingerprint density at radius 2 is 1.84 bits per heavy atom. The van der Waals surface area contributed by atoms with Crippen LogP contribution in [0.4, 0.5) is 10.1 Å². The molecule has 3 rings (SSSR count). The lowest BCUT2D eigenvalue weighted by atomic mass is 10.2. The van der Waals surface area contributed by atoms with Gasteiger partial charge in [-0.05, 0) is 32.0 Å². The summed E-state index contributed by atoms with van der Waals surface area (Å²) in [6.45, 7) is 2.80. The van der Waals surface area contributed by atoms with Crippen molar-refractivity contribution in [1.29, 1.82) is 0 Å². The van der Waals surface area contributed by atoms with Gasteiger partial charge in [-0.15, -0.1) is 0 Å². The van der Waals surface area contributed by atoms with Crippen molar-refractivity contribution in [3.8, 4) is 0 Å². The predicted octanol–water partition coefficient (Wildman–Crippen LogP) is 0.685. The van der Waals surface area contributed by atoms with Gasteiger partial charge in [-0.1, -0.05) is 12.1 Å². The molecule has 0 aromatic heterocycles. The quantitative estimate of drug-likeness (QED) is 0.822. The Bertz CT molecular complexity index is 627. The fourth-order valence-electron chi connectivity index (χ4n) is 3.04. The van der Waals surface area contributed by atoms with Crippen molar-refractivity contribution in [2.45, 2.75) is 18.9 Å². The third-order valence-electron chi connectivity index (χ3n) is 4.59. The number of carbonyl (C=O) groups is 2. The number of carbonyl (C=O) groups excluding carboxylic acids is 2. The van der Waals surface area contributed by atoms with Gasteiger partial charge in [0.25, 0.3) is 0 Å². The Morgan fingerprint density at radius 1 is 1.16 bits per heavy atom. The maximum atomic E-state index is 13.9. The third-order valence-corrected chi connectivity index (χ3v) is 4.59. The van der Waals surface area contributed by atoms with Crippen LogP contribution in [0.15, 0.2) is 24.3 Å². The molecule has 0 spiro atoms. The van der Waals surface area contributed by atoms with Gasteiger partial charge < -0.3 is 15.1 Å². The van der Waals surface area contributed by atoms with Gasteiger partial charge in [-0.2, -0.15) is 0 Å². The molecule has 0 unspecified atom stereocenters. The minimum atomic E-state index is -0.233. The zero-order valence-electron chi connectivity index (χ0n) is 14.6. The lowest BCUT2D eigenvalue weighted by molar-refractivity contribution is -0.133. The number of nitrogens with one attached hydrogen (secondary N) is 1. The molecule has 1 heterocycles. The maximum Gasteiger partial charge on any atom is 0.236 e. The number of halogens is 1. The molecule has 1 N–H and O–H groups in total. The highest BCUT2D eigenvalue weighted by molar-refractivity contribution is 5.81. The monoisotopic (exact) mass is 348 g/mol. The summed E-state index contributed by atoms with van der Waals surface area (Å²) in [7, 11) is 1.78. The van der Waals surface area contributed by atoms with E-state index in [4.69, 9.17) is 0 Å². The lowest BCUT2D eigenvalue weighted by Crippen LogP contribution is -2.51. The molecular weight excluding hydrogens is 323 g/mol. The summed E-state index contributed by atoms with van der Waals surface area (Å²) >= 11 is 0. The first-order valence-electron chi connectivity index (χ1n) is 8.78. The Kier molecular flexibility index (Phi) is 5.53. The van der Waals surface area contributed by atoms with Gasteiger partial charge in [0, 0.05) is 32.2 Å². The molecule has 0 radical (unpaired) electrons. The largest absolute Gasteiger partial charge is 0.366 e. The summed E-state index contributed by atoms with van der Waals surface area (Å²) in [5, 5.41) is 2.92. The van der Waals surface area contributed by atoms with E-state index >= 15 is 0 Å². The summed E-state index contributed by atoms with van der Waals surface area (Å²) in [6.07, 6.45) is 2.11. The smallest absolute Gasteiger partial charge is 0.236 e. The second kappa shape index (κ2) is 7.82. The Hall–Kier alpha value is -2.15. The molecule has 6 nitrogen and oxygen atoms in total. The maximum absolute atomic E-state index is 13.9. The third kappa shape index (κ3) is 4.92. The Balaban J connectivity index is 1.43. The first kappa shape index (κ1) is 17.7. The number of amides is 2. The molecule has 25 heavy (non-hydrogen) atoms. The molecule has 2 amide bonds. The number of rotatable bonds is 6. The number of benzene rings is 1. The van der Waals surface area contributed by atoms with Crippen LogP contribution in [0.5, 0.6) is 0 Å². The molecule has 7 heteroatoms.